The van der Waals surface area contributed by atoms with Crippen LogP contribution in [0.5, 0.6) is 5.75 Å². The monoisotopic (exact) mass is 489 g/mol. The van der Waals surface area contributed by atoms with Gasteiger partial charge in [0.25, 0.3) is 0 Å². The van der Waals surface area contributed by atoms with Crippen LogP contribution in [0.3, 0.4) is 0 Å². The van der Waals surface area contributed by atoms with Gasteiger partial charge in [0.2, 0.25) is 0 Å². The number of aliphatic imine (C=N–C) groups is 1. The molecule has 2 rings (SSSR count). The standard InChI is InChI=1S/C18H23N3O3S.HI/c1-3-14(13-25(22,23)17-7-5-4-6-8-17)20-18(19)21-15-9-11-16(24-2)12-10-15;/h4-12,14H,3,13H2,1-2H3,(H3,19,20,21);1H. The van der Waals surface area contributed by atoms with Crippen LogP contribution >= 0.6 is 24.0 Å². The van der Waals surface area contributed by atoms with E-state index in [0.717, 1.165) is 11.4 Å². The Morgan fingerprint density at radius 2 is 1.77 bits per heavy atom. The quantitative estimate of drug-likeness (QED) is 0.354. The molecule has 1 atom stereocenters. The molecule has 0 radical (unpaired) electrons. The Kier molecular flexibility index (Phi) is 8.86. The van der Waals surface area contributed by atoms with E-state index in [1.165, 1.54) is 0 Å². The SMILES string of the molecule is CCC(CS(=O)(=O)c1ccccc1)N=C(N)Nc1ccc(OC)cc1.I. The zero-order chi connectivity index (χ0) is 18.3. The third kappa shape index (κ3) is 6.49. The van der Waals surface area contributed by atoms with Crippen molar-refractivity contribution in [2.24, 2.45) is 10.7 Å². The summed E-state index contributed by atoms with van der Waals surface area (Å²) < 4.78 is 30.0. The average molecular weight is 489 g/mol. The molecule has 0 saturated heterocycles. The van der Waals surface area contributed by atoms with Crippen molar-refractivity contribution in [2.45, 2.75) is 24.3 Å². The van der Waals surface area contributed by atoms with E-state index in [1.807, 2.05) is 19.1 Å². The maximum atomic E-state index is 12.5. The first-order valence-electron chi connectivity index (χ1n) is 7.96. The number of ether oxygens (including phenoxy) is 1. The van der Waals surface area contributed by atoms with Crippen molar-refractivity contribution in [1.82, 2.24) is 0 Å². The molecular formula is C18H24IN3O3S. The van der Waals surface area contributed by atoms with Crippen molar-refractivity contribution < 1.29 is 13.2 Å². The van der Waals surface area contributed by atoms with E-state index in [4.69, 9.17) is 10.5 Å². The van der Waals surface area contributed by atoms with Crippen molar-refractivity contribution in [1.29, 1.82) is 0 Å². The summed E-state index contributed by atoms with van der Waals surface area (Å²) in [6.07, 6.45) is 0.567. The Bertz CT molecular complexity index is 809. The third-order valence-corrected chi connectivity index (χ3v) is 5.48. The Hall–Kier alpha value is -1.81. The minimum absolute atomic E-state index is 0. The van der Waals surface area contributed by atoms with Crippen LogP contribution in [-0.2, 0) is 9.84 Å². The van der Waals surface area contributed by atoms with E-state index in [-0.39, 0.29) is 35.7 Å². The number of guanidine groups is 1. The summed E-state index contributed by atoms with van der Waals surface area (Å²) in [5.41, 5.74) is 6.68. The molecule has 0 bridgehead atoms. The molecule has 0 amide bonds. The predicted molar refractivity (Wildman–Crippen MR) is 116 cm³/mol. The number of hydrogen-bond acceptors (Lipinski definition) is 4. The Labute approximate surface area is 171 Å². The molecule has 0 aromatic heterocycles. The fourth-order valence-electron chi connectivity index (χ4n) is 2.27. The predicted octanol–water partition coefficient (Wildman–Crippen LogP) is 3.29. The number of hydrogen-bond donors (Lipinski definition) is 2. The molecule has 2 aromatic carbocycles. The summed E-state index contributed by atoms with van der Waals surface area (Å²) in [6, 6.07) is 15.2. The summed E-state index contributed by atoms with van der Waals surface area (Å²) in [6.45, 7) is 1.88. The van der Waals surface area contributed by atoms with Crippen LogP contribution in [0, 0.1) is 0 Å². The highest BCUT2D eigenvalue weighted by Gasteiger charge is 2.20. The van der Waals surface area contributed by atoms with Gasteiger partial charge in [-0.25, -0.2) is 13.4 Å². The lowest BCUT2D eigenvalue weighted by Gasteiger charge is -2.13. The number of anilines is 1. The largest absolute Gasteiger partial charge is 0.497 e. The summed E-state index contributed by atoms with van der Waals surface area (Å²) in [4.78, 5) is 4.61. The van der Waals surface area contributed by atoms with Gasteiger partial charge in [-0.3, -0.25) is 0 Å². The number of sulfone groups is 1. The summed E-state index contributed by atoms with van der Waals surface area (Å²) in [5, 5.41) is 2.96. The minimum Gasteiger partial charge on any atom is -0.497 e. The molecule has 0 aliphatic rings. The smallest absolute Gasteiger partial charge is 0.193 e. The van der Waals surface area contributed by atoms with Gasteiger partial charge in [-0.15, -0.1) is 24.0 Å². The fraction of sp³-hybridized carbons (Fsp3) is 0.278. The van der Waals surface area contributed by atoms with Crippen molar-refractivity contribution in [3.8, 4) is 5.75 Å². The Morgan fingerprint density at radius 3 is 2.31 bits per heavy atom. The first kappa shape index (κ1) is 22.2. The molecule has 2 aromatic rings. The van der Waals surface area contributed by atoms with Gasteiger partial charge < -0.3 is 15.8 Å². The van der Waals surface area contributed by atoms with E-state index in [9.17, 15) is 8.42 Å². The topological polar surface area (TPSA) is 93.8 Å². The lowest BCUT2D eigenvalue weighted by Crippen LogP contribution is -2.28. The maximum absolute atomic E-state index is 12.5. The van der Waals surface area contributed by atoms with Crippen LogP contribution in [-0.4, -0.2) is 33.3 Å². The summed E-state index contributed by atoms with van der Waals surface area (Å²) >= 11 is 0. The van der Waals surface area contributed by atoms with Gasteiger partial charge in [0, 0.05) is 5.69 Å². The second-order valence-corrected chi connectivity index (χ2v) is 7.56. The lowest BCUT2D eigenvalue weighted by molar-refractivity contribution is 0.415. The Balaban J connectivity index is 0.00000338. The highest BCUT2D eigenvalue weighted by atomic mass is 127. The highest BCUT2D eigenvalue weighted by molar-refractivity contribution is 14.0. The van der Waals surface area contributed by atoms with Crippen molar-refractivity contribution in [2.75, 3.05) is 18.2 Å². The van der Waals surface area contributed by atoms with Gasteiger partial charge in [-0.2, -0.15) is 0 Å². The van der Waals surface area contributed by atoms with E-state index < -0.39 is 15.9 Å². The average Bonchev–Trinajstić information content (AvgIpc) is 2.62. The van der Waals surface area contributed by atoms with Gasteiger partial charge >= 0.3 is 0 Å². The second-order valence-electron chi connectivity index (χ2n) is 5.52. The van der Waals surface area contributed by atoms with Gasteiger partial charge in [0.05, 0.1) is 23.8 Å². The zero-order valence-corrected chi connectivity index (χ0v) is 17.9. The molecule has 26 heavy (non-hydrogen) atoms. The summed E-state index contributed by atoms with van der Waals surface area (Å²) in [5.74, 6) is 0.833. The lowest BCUT2D eigenvalue weighted by atomic mass is 10.3. The third-order valence-electron chi connectivity index (χ3n) is 3.67. The molecule has 0 fully saturated rings. The molecule has 8 heteroatoms. The fourth-order valence-corrected chi connectivity index (χ4v) is 3.86. The number of nitrogens with two attached hydrogens (primary N) is 1. The van der Waals surface area contributed by atoms with E-state index >= 15 is 0 Å². The molecule has 3 N–H and O–H groups in total. The highest BCUT2D eigenvalue weighted by Crippen LogP contribution is 2.16. The number of rotatable bonds is 7. The normalized spacial score (nSPS) is 12.8. The van der Waals surface area contributed by atoms with Crippen LogP contribution in [0.1, 0.15) is 13.3 Å². The molecule has 0 aliphatic carbocycles. The van der Waals surface area contributed by atoms with Gasteiger partial charge in [-0.05, 0) is 42.8 Å². The molecule has 0 spiro atoms. The minimum atomic E-state index is -3.41. The number of nitrogens with one attached hydrogen (secondary N) is 1. The van der Waals surface area contributed by atoms with Crippen LogP contribution < -0.4 is 15.8 Å². The molecule has 0 aliphatic heterocycles. The van der Waals surface area contributed by atoms with Gasteiger partial charge in [0.1, 0.15) is 5.75 Å². The number of halogens is 1. The van der Waals surface area contributed by atoms with Crippen molar-refractivity contribution in [3.05, 3.63) is 54.6 Å². The number of benzene rings is 2. The van der Waals surface area contributed by atoms with Crippen LogP contribution in [0.2, 0.25) is 0 Å². The van der Waals surface area contributed by atoms with Crippen LogP contribution in [0.25, 0.3) is 0 Å². The van der Waals surface area contributed by atoms with E-state index in [2.05, 4.69) is 10.3 Å². The van der Waals surface area contributed by atoms with E-state index in [0.29, 0.717) is 11.3 Å². The molecule has 6 nitrogen and oxygen atoms in total. The van der Waals surface area contributed by atoms with Crippen molar-refractivity contribution >= 4 is 45.5 Å². The Morgan fingerprint density at radius 1 is 1.15 bits per heavy atom. The van der Waals surface area contributed by atoms with Crippen LogP contribution in [0.15, 0.2) is 64.5 Å². The van der Waals surface area contributed by atoms with Gasteiger partial charge in [0.15, 0.2) is 15.8 Å². The molecule has 0 heterocycles. The maximum Gasteiger partial charge on any atom is 0.193 e. The molecule has 0 saturated carbocycles. The second kappa shape index (κ2) is 10.4. The zero-order valence-electron chi connectivity index (χ0n) is 14.8. The van der Waals surface area contributed by atoms with E-state index in [1.54, 1.807) is 49.6 Å². The molecule has 1 unspecified atom stereocenters. The first-order chi connectivity index (χ1) is 11.9. The van der Waals surface area contributed by atoms with Crippen LogP contribution in [0.4, 0.5) is 5.69 Å². The van der Waals surface area contributed by atoms with Gasteiger partial charge in [-0.1, -0.05) is 25.1 Å². The molecular weight excluding hydrogens is 465 g/mol. The summed E-state index contributed by atoms with van der Waals surface area (Å²) in [7, 11) is -1.81. The first-order valence-corrected chi connectivity index (χ1v) is 9.62. The molecule has 142 valence electrons. The number of methoxy groups -OCH3 is 1. The van der Waals surface area contributed by atoms with Crippen molar-refractivity contribution in [3.63, 3.8) is 0 Å². The number of nitrogens with zero attached hydrogens (tertiary/aromatic N) is 1.